The first-order valence-corrected chi connectivity index (χ1v) is 10.0. The summed E-state index contributed by atoms with van der Waals surface area (Å²) in [5, 5.41) is 18.0. The van der Waals surface area contributed by atoms with E-state index in [0.29, 0.717) is 5.69 Å². The van der Waals surface area contributed by atoms with Gasteiger partial charge in [-0.1, -0.05) is 18.2 Å². The molecule has 148 valence electrons. The first kappa shape index (κ1) is 18.6. The van der Waals surface area contributed by atoms with Crippen LogP contribution in [0.1, 0.15) is 12.0 Å². The van der Waals surface area contributed by atoms with Gasteiger partial charge in [0.2, 0.25) is 0 Å². The minimum Gasteiger partial charge on any atom is -0.384 e. The SMILES string of the molecule is O=[N+]([O-])c1ccc2c(c1NCCCN1CCN(c3ccccc3)CC1)CCN2. The first-order chi connectivity index (χ1) is 13.7. The van der Waals surface area contributed by atoms with Crippen molar-refractivity contribution in [3.8, 4) is 0 Å². The molecule has 0 spiro atoms. The van der Waals surface area contributed by atoms with E-state index in [1.165, 1.54) is 5.69 Å². The van der Waals surface area contributed by atoms with Crippen molar-refractivity contribution in [2.75, 3.05) is 61.3 Å². The maximum atomic E-state index is 11.4. The zero-order valence-corrected chi connectivity index (χ0v) is 16.1. The highest BCUT2D eigenvalue weighted by molar-refractivity contribution is 5.77. The fourth-order valence-corrected chi connectivity index (χ4v) is 4.12. The van der Waals surface area contributed by atoms with Gasteiger partial charge in [-0.25, -0.2) is 0 Å². The number of hydrogen-bond acceptors (Lipinski definition) is 6. The van der Waals surface area contributed by atoms with Gasteiger partial charge in [0.15, 0.2) is 0 Å². The summed E-state index contributed by atoms with van der Waals surface area (Å²) in [6, 6.07) is 14.0. The van der Waals surface area contributed by atoms with Crippen LogP contribution in [0.15, 0.2) is 42.5 Å². The number of rotatable bonds is 7. The minimum atomic E-state index is -0.288. The summed E-state index contributed by atoms with van der Waals surface area (Å²) in [5.41, 5.74) is 4.24. The van der Waals surface area contributed by atoms with Gasteiger partial charge >= 0.3 is 0 Å². The van der Waals surface area contributed by atoms with Gasteiger partial charge in [-0.15, -0.1) is 0 Å². The molecule has 28 heavy (non-hydrogen) atoms. The molecule has 0 radical (unpaired) electrons. The molecule has 2 aliphatic heterocycles. The zero-order chi connectivity index (χ0) is 19.3. The summed E-state index contributed by atoms with van der Waals surface area (Å²) < 4.78 is 0. The van der Waals surface area contributed by atoms with Gasteiger partial charge in [0, 0.05) is 62.3 Å². The Balaban J connectivity index is 1.26. The average molecular weight is 381 g/mol. The smallest absolute Gasteiger partial charge is 0.292 e. The molecule has 7 heteroatoms. The van der Waals surface area contributed by atoms with Gasteiger partial charge in [0.05, 0.1) is 4.92 Å². The molecule has 0 bridgehead atoms. The van der Waals surface area contributed by atoms with Crippen LogP contribution in [0.5, 0.6) is 0 Å². The molecule has 0 saturated carbocycles. The van der Waals surface area contributed by atoms with Gasteiger partial charge in [0.25, 0.3) is 5.69 Å². The average Bonchev–Trinajstić information content (AvgIpc) is 3.21. The normalized spacial score (nSPS) is 16.5. The summed E-state index contributed by atoms with van der Waals surface area (Å²) in [6.45, 7) is 6.80. The first-order valence-electron chi connectivity index (χ1n) is 10.0. The number of hydrogen-bond donors (Lipinski definition) is 2. The molecule has 1 fully saturated rings. The van der Waals surface area contributed by atoms with E-state index >= 15 is 0 Å². The Labute approximate surface area is 165 Å². The quantitative estimate of drug-likeness (QED) is 0.436. The number of nitrogens with zero attached hydrogens (tertiary/aromatic N) is 3. The van der Waals surface area contributed by atoms with E-state index in [1.807, 2.05) is 6.07 Å². The van der Waals surface area contributed by atoms with Crippen molar-refractivity contribution < 1.29 is 4.92 Å². The highest BCUT2D eigenvalue weighted by Gasteiger charge is 2.23. The molecule has 2 aromatic rings. The molecule has 7 nitrogen and oxygen atoms in total. The topological polar surface area (TPSA) is 73.7 Å². The van der Waals surface area contributed by atoms with Crippen LogP contribution < -0.4 is 15.5 Å². The van der Waals surface area contributed by atoms with Crippen LogP contribution >= 0.6 is 0 Å². The monoisotopic (exact) mass is 381 g/mol. The Bertz CT molecular complexity index is 819. The van der Waals surface area contributed by atoms with E-state index in [4.69, 9.17) is 0 Å². The van der Waals surface area contributed by atoms with Crippen molar-refractivity contribution in [1.29, 1.82) is 0 Å². The van der Waals surface area contributed by atoms with E-state index in [1.54, 1.807) is 6.07 Å². The predicted molar refractivity (Wildman–Crippen MR) is 113 cm³/mol. The van der Waals surface area contributed by atoms with Gasteiger partial charge in [-0.2, -0.15) is 0 Å². The third-order valence-corrected chi connectivity index (χ3v) is 5.62. The van der Waals surface area contributed by atoms with Crippen molar-refractivity contribution in [1.82, 2.24) is 4.90 Å². The lowest BCUT2D eigenvalue weighted by Gasteiger charge is -2.36. The second kappa shape index (κ2) is 8.48. The number of nitrogens with one attached hydrogen (secondary N) is 2. The molecular formula is C21H27N5O2. The van der Waals surface area contributed by atoms with Gasteiger partial charge in [-0.3, -0.25) is 15.0 Å². The number of fused-ring (bicyclic) bond motifs is 1. The van der Waals surface area contributed by atoms with E-state index in [-0.39, 0.29) is 10.6 Å². The number of anilines is 3. The van der Waals surface area contributed by atoms with Crippen LogP contribution in [-0.4, -0.2) is 55.6 Å². The highest BCUT2D eigenvalue weighted by atomic mass is 16.6. The highest BCUT2D eigenvalue weighted by Crippen LogP contribution is 2.36. The van der Waals surface area contributed by atoms with Crippen molar-refractivity contribution in [2.45, 2.75) is 12.8 Å². The van der Waals surface area contributed by atoms with Crippen LogP contribution in [0.25, 0.3) is 0 Å². The van der Waals surface area contributed by atoms with Gasteiger partial charge in [0.1, 0.15) is 5.69 Å². The molecule has 0 amide bonds. The number of nitro groups is 1. The van der Waals surface area contributed by atoms with E-state index in [0.717, 1.165) is 69.9 Å². The zero-order valence-electron chi connectivity index (χ0n) is 16.1. The molecule has 2 aromatic carbocycles. The molecule has 0 aliphatic carbocycles. The number of para-hydroxylation sites is 1. The number of nitro benzene ring substituents is 1. The molecule has 0 unspecified atom stereocenters. The fourth-order valence-electron chi connectivity index (χ4n) is 4.12. The van der Waals surface area contributed by atoms with Crippen molar-refractivity contribution in [3.63, 3.8) is 0 Å². The van der Waals surface area contributed by atoms with E-state index in [9.17, 15) is 10.1 Å². The second-order valence-electron chi connectivity index (χ2n) is 7.36. The molecule has 2 heterocycles. The van der Waals surface area contributed by atoms with Crippen LogP contribution in [-0.2, 0) is 6.42 Å². The van der Waals surface area contributed by atoms with Gasteiger partial charge in [-0.05, 0) is 37.6 Å². The lowest BCUT2D eigenvalue weighted by molar-refractivity contribution is -0.384. The maximum absolute atomic E-state index is 11.4. The molecule has 4 rings (SSSR count). The summed E-state index contributed by atoms with van der Waals surface area (Å²) in [4.78, 5) is 16.0. The summed E-state index contributed by atoms with van der Waals surface area (Å²) >= 11 is 0. The molecule has 1 saturated heterocycles. The lowest BCUT2D eigenvalue weighted by atomic mass is 10.1. The summed E-state index contributed by atoms with van der Waals surface area (Å²) in [7, 11) is 0. The third-order valence-electron chi connectivity index (χ3n) is 5.62. The Kier molecular flexibility index (Phi) is 5.62. The lowest BCUT2D eigenvalue weighted by Crippen LogP contribution is -2.46. The maximum Gasteiger partial charge on any atom is 0.292 e. The fraction of sp³-hybridized carbons (Fsp3) is 0.429. The molecule has 0 atom stereocenters. The standard InChI is InChI=1S/C21H27N5O2/c27-26(28)20-8-7-19-18(9-11-22-19)21(20)23-10-4-12-24-13-15-25(16-14-24)17-5-2-1-3-6-17/h1-3,5-8,22-23H,4,9-16H2. The Hall–Kier alpha value is -2.80. The Morgan fingerprint density at radius 1 is 1.07 bits per heavy atom. The van der Waals surface area contributed by atoms with Crippen molar-refractivity contribution in [3.05, 3.63) is 58.1 Å². The van der Waals surface area contributed by atoms with E-state index in [2.05, 4.69) is 50.8 Å². The predicted octanol–water partition coefficient (Wildman–Crippen LogP) is 3.19. The van der Waals surface area contributed by atoms with Crippen LogP contribution in [0.3, 0.4) is 0 Å². The summed E-state index contributed by atoms with van der Waals surface area (Å²) in [6.07, 6.45) is 1.81. The Morgan fingerprint density at radius 3 is 2.61 bits per heavy atom. The van der Waals surface area contributed by atoms with Crippen LogP contribution in [0, 0.1) is 10.1 Å². The van der Waals surface area contributed by atoms with Crippen molar-refractivity contribution in [2.24, 2.45) is 0 Å². The largest absolute Gasteiger partial charge is 0.384 e. The van der Waals surface area contributed by atoms with Crippen molar-refractivity contribution >= 4 is 22.7 Å². The van der Waals surface area contributed by atoms with E-state index < -0.39 is 0 Å². The van der Waals surface area contributed by atoms with Crippen LogP contribution in [0.4, 0.5) is 22.7 Å². The third kappa shape index (κ3) is 4.04. The molecule has 0 aromatic heterocycles. The molecule has 2 aliphatic rings. The number of piperazine rings is 1. The number of benzene rings is 2. The summed E-state index contributed by atoms with van der Waals surface area (Å²) in [5.74, 6) is 0. The molecular weight excluding hydrogens is 354 g/mol. The Morgan fingerprint density at radius 2 is 1.86 bits per heavy atom. The molecule has 2 N–H and O–H groups in total. The second-order valence-corrected chi connectivity index (χ2v) is 7.36. The van der Waals surface area contributed by atoms with Crippen LogP contribution in [0.2, 0.25) is 0 Å². The van der Waals surface area contributed by atoms with Gasteiger partial charge < -0.3 is 15.5 Å². The minimum absolute atomic E-state index is 0.180.